The first-order valence-corrected chi connectivity index (χ1v) is 14.2. The molecule has 1 atom stereocenters. The molecule has 1 unspecified atom stereocenters. The average molecular weight is 552 g/mol. The van der Waals surface area contributed by atoms with Gasteiger partial charge in [0.2, 0.25) is 11.7 Å². The molecule has 0 N–H and O–H groups in total. The van der Waals surface area contributed by atoms with Gasteiger partial charge in [-0.2, -0.15) is 0 Å². The normalized spacial score (nSPS) is 15.5. The van der Waals surface area contributed by atoms with Crippen molar-refractivity contribution in [1.29, 1.82) is 0 Å². The van der Waals surface area contributed by atoms with E-state index in [1.54, 1.807) is 6.26 Å². The number of furan rings is 1. The van der Waals surface area contributed by atoms with Crippen molar-refractivity contribution in [3.05, 3.63) is 96.3 Å². The Kier molecular flexibility index (Phi) is 7.13. The van der Waals surface area contributed by atoms with Crippen LogP contribution in [-0.2, 0) is 4.79 Å². The number of amides is 2. The zero-order chi connectivity index (χ0) is 27.6. The Morgan fingerprint density at radius 2 is 1.80 bits per heavy atom. The van der Waals surface area contributed by atoms with Gasteiger partial charge in [-0.25, -0.2) is 0 Å². The third kappa shape index (κ3) is 5.00. The summed E-state index contributed by atoms with van der Waals surface area (Å²) in [5.74, 6) is 1.41. The maximum atomic E-state index is 13.5. The Bertz CT molecular complexity index is 1670. The summed E-state index contributed by atoms with van der Waals surface area (Å²) in [6, 6.07) is 25.4. The molecule has 1 saturated heterocycles. The second-order valence-corrected chi connectivity index (χ2v) is 10.9. The maximum absolute atomic E-state index is 13.5. The minimum Gasteiger partial charge on any atom is -0.461 e. The van der Waals surface area contributed by atoms with Crippen molar-refractivity contribution >= 4 is 34.3 Å². The molecule has 0 bridgehead atoms. The molecule has 6 rings (SSSR count). The molecule has 0 aliphatic carbocycles. The Morgan fingerprint density at radius 1 is 0.975 bits per heavy atom. The molecule has 1 fully saturated rings. The number of benzene rings is 3. The highest BCUT2D eigenvalue weighted by atomic mass is 32.2. The van der Waals surface area contributed by atoms with Crippen LogP contribution in [0.4, 0.5) is 0 Å². The summed E-state index contributed by atoms with van der Waals surface area (Å²) in [7, 11) is 0. The first-order valence-electron chi connectivity index (χ1n) is 13.3. The van der Waals surface area contributed by atoms with Crippen LogP contribution in [-0.4, -0.2) is 67.8 Å². The molecular formula is C31H29N5O3S. The third-order valence-electron chi connectivity index (χ3n) is 7.22. The molecule has 0 saturated carbocycles. The molecule has 3 aromatic carbocycles. The topological polar surface area (TPSA) is 84.5 Å². The molecule has 202 valence electrons. The molecule has 0 spiro atoms. The number of nitrogens with zero attached hydrogens (tertiary/aromatic N) is 5. The Labute approximate surface area is 236 Å². The van der Waals surface area contributed by atoms with Crippen molar-refractivity contribution < 1.29 is 14.0 Å². The van der Waals surface area contributed by atoms with Crippen LogP contribution in [0.1, 0.15) is 22.8 Å². The van der Waals surface area contributed by atoms with E-state index < -0.39 is 0 Å². The predicted octanol–water partition coefficient (Wildman–Crippen LogP) is 5.45. The number of aromatic nitrogens is 3. The second-order valence-electron chi connectivity index (χ2n) is 9.96. The summed E-state index contributed by atoms with van der Waals surface area (Å²) in [4.78, 5) is 30.5. The molecule has 40 heavy (non-hydrogen) atoms. The van der Waals surface area contributed by atoms with Crippen molar-refractivity contribution in [1.82, 2.24) is 24.6 Å². The highest BCUT2D eigenvalue weighted by Crippen LogP contribution is 2.29. The van der Waals surface area contributed by atoms with Gasteiger partial charge >= 0.3 is 0 Å². The van der Waals surface area contributed by atoms with Crippen LogP contribution >= 0.6 is 11.8 Å². The number of fused-ring (bicyclic) bond motifs is 1. The fraction of sp³-hybridized carbons (Fsp3) is 0.226. The van der Waals surface area contributed by atoms with E-state index >= 15 is 0 Å². The van der Waals surface area contributed by atoms with E-state index in [-0.39, 0.29) is 23.6 Å². The van der Waals surface area contributed by atoms with E-state index in [9.17, 15) is 9.59 Å². The van der Waals surface area contributed by atoms with E-state index in [4.69, 9.17) is 4.42 Å². The van der Waals surface area contributed by atoms with Crippen molar-refractivity contribution in [2.45, 2.75) is 25.0 Å². The highest BCUT2D eigenvalue weighted by Gasteiger charge is 2.31. The second kappa shape index (κ2) is 11.0. The first-order chi connectivity index (χ1) is 19.5. The predicted molar refractivity (Wildman–Crippen MR) is 156 cm³/mol. The SMILES string of the molecule is Cc1cccc(-n2c(SCC(=O)N3CCN(C(=O)c4cccc5ccccc45)C(C)C3)nnc2-c2ccco2)c1. The molecule has 2 aromatic heterocycles. The smallest absolute Gasteiger partial charge is 0.254 e. The lowest BCUT2D eigenvalue weighted by molar-refractivity contribution is -0.130. The van der Waals surface area contributed by atoms with Crippen LogP contribution in [0.5, 0.6) is 0 Å². The molecule has 8 nitrogen and oxygen atoms in total. The van der Waals surface area contributed by atoms with Crippen molar-refractivity contribution in [3.8, 4) is 17.3 Å². The van der Waals surface area contributed by atoms with Crippen LogP contribution in [0, 0.1) is 6.92 Å². The average Bonchev–Trinajstić information content (AvgIpc) is 3.65. The third-order valence-corrected chi connectivity index (χ3v) is 8.13. The molecule has 1 aliphatic rings. The summed E-state index contributed by atoms with van der Waals surface area (Å²) >= 11 is 1.35. The first kappa shape index (κ1) is 25.9. The Balaban J connectivity index is 1.15. The number of hydrogen-bond donors (Lipinski definition) is 0. The lowest BCUT2D eigenvalue weighted by Gasteiger charge is -2.40. The van der Waals surface area contributed by atoms with Gasteiger partial charge in [-0.3, -0.25) is 14.2 Å². The zero-order valence-corrected chi connectivity index (χ0v) is 23.2. The fourth-order valence-electron chi connectivity index (χ4n) is 5.20. The van der Waals surface area contributed by atoms with Crippen LogP contribution < -0.4 is 0 Å². The van der Waals surface area contributed by atoms with Crippen LogP contribution in [0.3, 0.4) is 0 Å². The number of carbonyl (C=O) groups excluding carboxylic acids is 2. The summed E-state index contributed by atoms with van der Waals surface area (Å²) < 4.78 is 7.53. The van der Waals surface area contributed by atoms with Gasteiger partial charge in [0, 0.05) is 31.2 Å². The number of piperazine rings is 1. The summed E-state index contributed by atoms with van der Waals surface area (Å²) in [6.07, 6.45) is 1.60. The van der Waals surface area contributed by atoms with E-state index in [1.165, 1.54) is 11.8 Å². The molecular weight excluding hydrogens is 522 g/mol. The lowest BCUT2D eigenvalue weighted by atomic mass is 10.0. The quantitative estimate of drug-likeness (QED) is 0.261. The van der Waals surface area contributed by atoms with Gasteiger partial charge in [-0.15, -0.1) is 10.2 Å². The minimum atomic E-state index is -0.101. The summed E-state index contributed by atoms with van der Waals surface area (Å²) in [6.45, 7) is 5.49. The number of rotatable bonds is 6. The molecule has 9 heteroatoms. The highest BCUT2D eigenvalue weighted by molar-refractivity contribution is 7.99. The Morgan fingerprint density at radius 3 is 2.60 bits per heavy atom. The monoisotopic (exact) mass is 551 g/mol. The molecule has 2 amide bonds. The van der Waals surface area contributed by atoms with Crippen molar-refractivity contribution in [2.24, 2.45) is 0 Å². The van der Waals surface area contributed by atoms with Gasteiger partial charge in [0.25, 0.3) is 5.91 Å². The van der Waals surface area contributed by atoms with E-state index in [0.717, 1.165) is 22.0 Å². The van der Waals surface area contributed by atoms with Crippen LogP contribution in [0.15, 0.2) is 94.7 Å². The van der Waals surface area contributed by atoms with Crippen LogP contribution in [0.25, 0.3) is 28.0 Å². The summed E-state index contributed by atoms with van der Waals surface area (Å²) in [5, 5.41) is 11.4. The number of aryl methyl sites for hydroxylation is 1. The van der Waals surface area contributed by atoms with Crippen LogP contribution in [0.2, 0.25) is 0 Å². The number of hydrogen-bond acceptors (Lipinski definition) is 6. The van der Waals surface area contributed by atoms with Crippen molar-refractivity contribution in [3.63, 3.8) is 0 Å². The maximum Gasteiger partial charge on any atom is 0.254 e. The van der Waals surface area contributed by atoms with Crippen molar-refractivity contribution in [2.75, 3.05) is 25.4 Å². The van der Waals surface area contributed by atoms with Gasteiger partial charge in [-0.1, -0.05) is 60.3 Å². The largest absolute Gasteiger partial charge is 0.461 e. The standard InChI is InChI=1S/C31H29N5O3S/c1-21-8-5-11-24(18-21)36-29(27-14-7-17-39-27)32-33-31(36)40-20-28(37)34-15-16-35(22(2)19-34)30(38)26-13-6-10-23-9-3-4-12-25(23)26/h3-14,17-18,22H,15-16,19-20H2,1-2H3. The molecule has 0 radical (unpaired) electrons. The fourth-order valence-corrected chi connectivity index (χ4v) is 6.05. The van der Waals surface area contributed by atoms with E-state index in [2.05, 4.69) is 16.3 Å². The zero-order valence-electron chi connectivity index (χ0n) is 22.4. The number of carbonyl (C=O) groups is 2. The Hall–Kier alpha value is -4.37. The van der Waals surface area contributed by atoms with Gasteiger partial charge in [0.05, 0.1) is 17.7 Å². The van der Waals surface area contributed by atoms with E-state index in [1.807, 2.05) is 101 Å². The minimum absolute atomic E-state index is 0.00230. The summed E-state index contributed by atoms with van der Waals surface area (Å²) in [5.41, 5.74) is 2.71. The molecule has 1 aliphatic heterocycles. The molecule has 3 heterocycles. The van der Waals surface area contributed by atoms with Gasteiger partial charge in [0.1, 0.15) is 0 Å². The van der Waals surface area contributed by atoms with Gasteiger partial charge < -0.3 is 14.2 Å². The van der Waals surface area contributed by atoms with Gasteiger partial charge in [-0.05, 0) is 60.5 Å². The van der Waals surface area contributed by atoms with E-state index in [0.29, 0.717) is 41.9 Å². The lowest BCUT2D eigenvalue weighted by Crippen LogP contribution is -2.55. The van der Waals surface area contributed by atoms with Gasteiger partial charge in [0.15, 0.2) is 10.9 Å². The number of thioether (sulfide) groups is 1. The molecule has 5 aromatic rings.